The zero-order valence-corrected chi connectivity index (χ0v) is 4.42. The van der Waals surface area contributed by atoms with Gasteiger partial charge in [-0.2, -0.15) is 10.4 Å². The van der Waals surface area contributed by atoms with Gasteiger partial charge in [0.2, 0.25) is 0 Å². The third-order valence-corrected chi connectivity index (χ3v) is 0.765. The summed E-state index contributed by atoms with van der Waals surface area (Å²) >= 11 is 0. The summed E-state index contributed by atoms with van der Waals surface area (Å²) in [6, 6.07) is 1.91. The van der Waals surface area contributed by atoms with E-state index in [0.29, 0.717) is 5.56 Å². The van der Waals surface area contributed by atoms with Crippen molar-refractivity contribution < 1.29 is 0 Å². The number of nitrogens with zero attached hydrogens (tertiary/aromatic N) is 3. The van der Waals surface area contributed by atoms with Gasteiger partial charge in [-0.1, -0.05) is 0 Å². The van der Waals surface area contributed by atoms with Crippen molar-refractivity contribution in [3.63, 3.8) is 0 Å². The molecule has 0 saturated carbocycles. The molecule has 0 bridgehead atoms. The molecule has 1 rings (SSSR count). The quantitative estimate of drug-likeness (QED) is 0.470. The normalized spacial score (nSPS) is 8.50. The van der Waals surface area contributed by atoms with E-state index < -0.39 is 0 Å². The average molecular weight is 106 g/mol. The van der Waals surface area contributed by atoms with Crippen LogP contribution in [0.1, 0.15) is 5.56 Å². The molecule has 0 aliphatic carbocycles. The van der Waals surface area contributed by atoms with Gasteiger partial charge in [-0.15, -0.1) is 0 Å². The lowest BCUT2D eigenvalue weighted by atomic mass is 10.4. The number of hydrogen-bond acceptors (Lipinski definition) is 2. The standard InChI is InChI=1S/C5H4N3/c1-8-4-5(2-6)3-7-8/h4H,1H3. The van der Waals surface area contributed by atoms with Crippen LogP contribution >= 0.6 is 0 Å². The van der Waals surface area contributed by atoms with Crippen LogP contribution in [0.5, 0.6) is 0 Å². The molecule has 3 nitrogen and oxygen atoms in total. The number of aryl methyl sites for hydroxylation is 1. The molecule has 1 radical (unpaired) electrons. The molecular formula is C5H4N3. The topological polar surface area (TPSA) is 41.6 Å². The summed E-state index contributed by atoms with van der Waals surface area (Å²) in [7, 11) is 1.75. The summed E-state index contributed by atoms with van der Waals surface area (Å²) in [6.07, 6.45) is 4.12. The Bertz CT molecular complexity index is 218. The Balaban J connectivity index is 3.05. The zero-order chi connectivity index (χ0) is 5.98. The largest absolute Gasteiger partial charge is 0.274 e. The Kier molecular flexibility index (Phi) is 1.01. The Morgan fingerprint density at radius 1 is 2.00 bits per heavy atom. The van der Waals surface area contributed by atoms with Gasteiger partial charge < -0.3 is 0 Å². The van der Waals surface area contributed by atoms with Gasteiger partial charge in [-0.3, -0.25) is 4.68 Å². The van der Waals surface area contributed by atoms with Crippen LogP contribution in [-0.2, 0) is 7.05 Å². The lowest BCUT2D eigenvalue weighted by Crippen LogP contribution is -1.84. The summed E-state index contributed by atoms with van der Waals surface area (Å²) < 4.78 is 1.54. The van der Waals surface area contributed by atoms with E-state index in [-0.39, 0.29) is 0 Å². The smallest absolute Gasteiger partial charge is 0.132 e. The molecule has 0 N–H and O–H groups in total. The van der Waals surface area contributed by atoms with Crippen molar-refractivity contribution >= 4 is 0 Å². The van der Waals surface area contributed by atoms with Crippen molar-refractivity contribution in [2.24, 2.45) is 7.05 Å². The van der Waals surface area contributed by atoms with E-state index in [4.69, 9.17) is 5.26 Å². The second-order valence-corrected chi connectivity index (χ2v) is 1.44. The first-order valence-electron chi connectivity index (χ1n) is 2.14. The molecule has 0 amide bonds. The molecule has 0 unspecified atom stereocenters. The van der Waals surface area contributed by atoms with Crippen molar-refractivity contribution in [1.82, 2.24) is 9.78 Å². The first-order chi connectivity index (χ1) is 3.83. The SMILES string of the molecule is Cn1cc(C#N)[c]n1. The summed E-state index contributed by atoms with van der Waals surface area (Å²) in [5.74, 6) is 0. The Morgan fingerprint density at radius 2 is 2.75 bits per heavy atom. The third kappa shape index (κ3) is 0.684. The lowest BCUT2D eigenvalue weighted by Gasteiger charge is -1.77. The molecule has 1 aromatic heterocycles. The molecule has 0 aliphatic rings. The first-order valence-corrected chi connectivity index (χ1v) is 2.14. The zero-order valence-electron chi connectivity index (χ0n) is 4.42. The molecule has 1 aromatic rings. The van der Waals surface area contributed by atoms with E-state index in [1.54, 1.807) is 17.9 Å². The average Bonchev–Trinajstić information content (AvgIpc) is 2.14. The van der Waals surface area contributed by atoms with Crippen molar-refractivity contribution in [2.45, 2.75) is 0 Å². The highest BCUT2D eigenvalue weighted by molar-refractivity contribution is 5.19. The van der Waals surface area contributed by atoms with Crippen LogP contribution in [-0.4, -0.2) is 9.78 Å². The fourth-order valence-electron chi connectivity index (χ4n) is 0.431. The van der Waals surface area contributed by atoms with Gasteiger partial charge >= 0.3 is 0 Å². The molecule has 0 aliphatic heterocycles. The van der Waals surface area contributed by atoms with Crippen LogP contribution in [0.15, 0.2) is 6.20 Å². The maximum Gasteiger partial charge on any atom is 0.132 e. The minimum Gasteiger partial charge on any atom is -0.274 e. The van der Waals surface area contributed by atoms with Crippen molar-refractivity contribution in [3.05, 3.63) is 18.0 Å². The first kappa shape index (κ1) is 4.85. The highest BCUT2D eigenvalue weighted by Crippen LogP contribution is 1.88. The second kappa shape index (κ2) is 1.66. The minimum atomic E-state index is 0.479. The molecule has 39 valence electrons. The Morgan fingerprint density at radius 3 is 3.00 bits per heavy atom. The molecular weight excluding hydrogens is 102 g/mol. The molecule has 0 atom stereocenters. The van der Waals surface area contributed by atoms with Crippen molar-refractivity contribution in [1.29, 1.82) is 5.26 Å². The van der Waals surface area contributed by atoms with Gasteiger partial charge in [0.25, 0.3) is 0 Å². The van der Waals surface area contributed by atoms with E-state index in [0.717, 1.165) is 0 Å². The summed E-state index contributed by atoms with van der Waals surface area (Å²) in [6.45, 7) is 0. The fourth-order valence-corrected chi connectivity index (χ4v) is 0.431. The highest BCUT2D eigenvalue weighted by Gasteiger charge is 1.89. The number of nitriles is 1. The van der Waals surface area contributed by atoms with Crippen molar-refractivity contribution in [2.75, 3.05) is 0 Å². The number of rotatable bonds is 0. The molecule has 8 heavy (non-hydrogen) atoms. The Labute approximate surface area is 47.2 Å². The van der Waals surface area contributed by atoms with Gasteiger partial charge in [0.15, 0.2) is 0 Å². The maximum atomic E-state index is 8.22. The van der Waals surface area contributed by atoms with Gasteiger partial charge in [-0.25, -0.2) is 0 Å². The monoisotopic (exact) mass is 106 g/mol. The minimum absolute atomic E-state index is 0.479. The van der Waals surface area contributed by atoms with Crippen LogP contribution in [0, 0.1) is 17.5 Å². The van der Waals surface area contributed by atoms with Crippen LogP contribution < -0.4 is 0 Å². The molecule has 0 fully saturated rings. The fraction of sp³-hybridized carbons (Fsp3) is 0.200. The van der Waals surface area contributed by atoms with Gasteiger partial charge in [0, 0.05) is 13.2 Å². The predicted octanol–water partition coefficient (Wildman–Crippen LogP) is 0.0920. The van der Waals surface area contributed by atoms with Gasteiger partial charge in [0.1, 0.15) is 12.3 Å². The molecule has 0 saturated heterocycles. The van der Waals surface area contributed by atoms with Crippen LogP contribution in [0.3, 0.4) is 0 Å². The molecule has 0 spiro atoms. The highest BCUT2D eigenvalue weighted by atomic mass is 15.2. The van der Waals surface area contributed by atoms with E-state index in [9.17, 15) is 0 Å². The van der Waals surface area contributed by atoms with Gasteiger partial charge in [-0.05, 0) is 0 Å². The number of hydrogen-bond donors (Lipinski definition) is 0. The maximum absolute atomic E-state index is 8.22. The summed E-state index contributed by atoms with van der Waals surface area (Å²) in [4.78, 5) is 0. The molecule has 1 heterocycles. The van der Waals surface area contributed by atoms with Crippen LogP contribution in [0.2, 0.25) is 0 Å². The van der Waals surface area contributed by atoms with Crippen LogP contribution in [0.4, 0.5) is 0 Å². The number of aromatic nitrogens is 2. The van der Waals surface area contributed by atoms with E-state index >= 15 is 0 Å². The Hall–Kier alpha value is -1.30. The lowest BCUT2D eigenvalue weighted by molar-refractivity contribution is 0.765. The second-order valence-electron chi connectivity index (χ2n) is 1.44. The van der Waals surface area contributed by atoms with E-state index in [2.05, 4.69) is 11.3 Å². The molecule has 0 aromatic carbocycles. The van der Waals surface area contributed by atoms with Crippen molar-refractivity contribution in [3.8, 4) is 6.07 Å². The van der Waals surface area contributed by atoms with Gasteiger partial charge in [0.05, 0.1) is 5.56 Å². The molecule has 3 heteroatoms. The van der Waals surface area contributed by atoms with Crippen LogP contribution in [0.25, 0.3) is 0 Å². The van der Waals surface area contributed by atoms with E-state index in [1.807, 2.05) is 6.07 Å². The predicted molar refractivity (Wildman–Crippen MR) is 26.8 cm³/mol. The van der Waals surface area contributed by atoms with E-state index in [1.165, 1.54) is 0 Å². The third-order valence-electron chi connectivity index (χ3n) is 0.765. The summed E-state index contributed by atoms with van der Waals surface area (Å²) in [5.41, 5.74) is 0.479. The summed E-state index contributed by atoms with van der Waals surface area (Å²) in [5, 5.41) is 11.9.